The average molecular weight is 895 g/mol. The minimum absolute atomic E-state index is 0.00273. The number of aliphatic imine (C=N–C) groups is 2. The first kappa shape index (κ1) is 46.9. The maximum atomic E-state index is 13.0. The Morgan fingerprint density at radius 2 is 1.02 bits per heavy atom. The van der Waals surface area contributed by atoms with Crippen LogP contribution in [0, 0.1) is 13.8 Å². The molecular formula is C34H32F6N6O8S4. The highest BCUT2D eigenvalue weighted by atomic mass is 32.2. The second kappa shape index (κ2) is 17.2. The number of carbonyl (C=O) groups excluding carboxylic acids is 2. The van der Waals surface area contributed by atoms with Gasteiger partial charge in [-0.3, -0.25) is 9.59 Å². The number of amides is 2. The van der Waals surface area contributed by atoms with E-state index >= 15 is 0 Å². The lowest BCUT2D eigenvalue weighted by Crippen LogP contribution is -2.24. The third kappa shape index (κ3) is 11.8. The van der Waals surface area contributed by atoms with Gasteiger partial charge in [-0.1, -0.05) is 23.9 Å². The molecule has 0 bridgehead atoms. The molecule has 0 heterocycles. The Balaban J connectivity index is 0.000000311. The number of nitrogens with two attached hydrogens (primary N) is 4. The molecule has 24 heteroatoms. The number of rotatable bonds is 8. The highest BCUT2D eigenvalue weighted by Crippen LogP contribution is 2.38. The van der Waals surface area contributed by atoms with Crippen LogP contribution in [0.3, 0.4) is 0 Å². The Labute approximate surface area is 332 Å². The molecule has 8 N–H and O–H groups in total. The first-order valence-corrected chi connectivity index (χ1v) is 21.7. The number of nitrogens with zero attached hydrogens (tertiary/aromatic N) is 2. The van der Waals surface area contributed by atoms with Gasteiger partial charge in [-0.2, -0.15) is 36.3 Å². The number of hydrogen-bond acceptors (Lipinski definition) is 9. The van der Waals surface area contributed by atoms with Gasteiger partial charge < -0.3 is 22.9 Å². The predicted molar refractivity (Wildman–Crippen MR) is 201 cm³/mol. The van der Waals surface area contributed by atoms with Crippen molar-refractivity contribution in [2.45, 2.75) is 55.6 Å². The number of hydrogen-bond donors (Lipinski definition) is 4. The lowest BCUT2D eigenvalue weighted by molar-refractivity contribution is -0.138. The van der Waals surface area contributed by atoms with Crippen LogP contribution in [0.1, 0.15) is 43.0 Å². The van der Waals surface area contributed by atoms with E-state index in [0.29, 0.717) is 24.0 Å². The molecule has 0 saturated carbocycles. The summed E-state index contributed by atoms with van der Waals surface area (Å²) in [6.45, 7) is 2.84. The van der Waals surface area contributed by atoms with Gasteiger partial charge in [0.2, 0.25) is 9.84 Å². The van der Waals surface area contributed by atoms with Gasteiger partial charge in [0.1, 0.15) is 0 Å². The SMILES string of the molecule is Cc1cc(S(=O)(=O)c2cccc(C(F)(F)F)c2)c(S(C)(=O)=O)cc1C(=O)N=C(N)N.Cc1cc(Sc2cccc(C(F)(F)F)c2)c(S(C)(=O)=O)cc1C(=O)N=C(N)N. The zero-order chi connectivity index (χ0) is 44.3. The second-order valence-electron chi connectivity index (χ2n) is 12.1. The topological polar surface area (TPSA) is 265 Å². The number of guanidine groups is 2. The Kier molecular flexibility index (Phi) is 13.9. The Bertz CT molecular complexity index is 2690. The molecule has 0 fully saturated rings. The number of carbonyl (C=O) groups is 2. The van der Waals surface area contributed by atoms with Crippen LogP contribution in [-0.2, 0) is 41.9 Å². The predicted octanol–water partition coefficient (Wildman–Crippen LogP) is 4.65. The summed E-state index contributed by atoms with van der Waals surface area (Å²) in [5.74, 6) is -2.91. The van der Waals surface area contributed by atoms with E-state index in [1.807, 2.05) is 0 Å². The van der Waals surface area contributed by atoms with Crippen LogP contribution in [0.25, 0.3) is 0 Å². The zero-order valence-corrected chi connectivity index (χ0v) is 33.6. The smallest absolute Gasteiger partial charge is 0.370 e. The molecule has 0 unspecified atom stereocenters. The molecular weight excluding hydrogens is 863 g/mol. The molecule has 4 aromatic carbocycles. The van der Waals surface area contributed by atoms with Crippen molar-refractivity contribution < 1.29 is 61.2 Å². The molecule has 0 spiro atoms. The maximum Gasteiger partial charge on any atom is 0.416 e. The first-order valence-electron chi connectivity index (χ1n) is 15.6. The van der Waals surface area contributed by atoms with Gasteiger partial charge in [-0.25, -0.2) is 25.3 Å². The molecule has 312 valence electrons. The van der Waals surface area contributed by atoms with Crippen molar-refractivity contribution in [1.82, 2.24) is 0 Å². The van der Waals surface area contributed by atoms with Crippen LogP contribution in [0.4, 0.5) is 26.3 Å². The fraction of sp³-hybridized carbons (Fsp3) is 0.176. The van der Waals surface area contributed by atoms with Crippen molar-refractivity contribution >= 4 is 65.0 Å². The van der Waals surface area contributed by atoms with Crippen molar-refractivity contribution in [3.05, 3.63) is 106 Å². The fourth-order valence-corrected chi connectivity index (χ4v) is 10.1. The van der Waals surface area contributed by atoms with Crippen molar-refractivity contribution in [3.63, 3.8) is 0 Å². The molecule has 0 aromatic heterocycles. The Morgan fingerprint density at radius 3 is 1.47 bits per heavy atom. The molecule has 4 rings (SSSR count). The maximum absolute atomic E-state index is 13.0. The fourth-order valence-electron chi connectivity index (χ4n) is 4.84. The van der Waals surface area contributed by atoms with Gasteiger partial charge in [0, 0.05) is 33.4 Å². The summed E-state index contributed by atoms with van der Waals surface area (Å²) in [7, 11) is -12.7. The largest absolute Gasteiger partial charge is 0.416 e. The molecule has 0 aliphatic rings. The van der Waals surface area contributed by atoms with E-state index in [0.717, 1.165) is 60.5 Å². The molecule has 0 atom stereocenters. The summed E-state index contributed by atoms with van der Waals surface area (Å²) in [5, 5.41) is 0. The van der Waals surface area contributed by atoms with Gasteiger partial charge in [0.05, 0.1) is 30.7 Å². The minimum Gasteiger partial charge on any atom is -0.370 e. The second-order valence-corrected chi connectivity index (χ2v) is 19.1. The Morgan fingerprint density at radius 1 is 0.586 bits per heavy atom. The van der Waals surface area contributed by atoms with Crippen LogP contribution >= 0.6 is 11.8 Å². The summed E-state index contributed by atoms with van der Waals surface area (Å²) < 4.78 is 153. The normalized spacial score (nSPS) is 12.2. The van der Waals surface area contributed by atoms with Gasteiger partial charge in [-0.05, 0) is 85.6 Å². The van der Waals surface area contributed by atoms with E-state index in [9.17, 15) is 61.2 Å². The summed E-state index contributed by atoms with van der Waals surface area (Å²) in [6, 6.07) is 11.5. The molecule has 0 saturated heterocycles. The van der Waals surface area contributed by atoms with Crippen LogP contribution in [0.5, 0.6) is 0 Å². The van der Waals surface area contributed by atoms with Crippen LogP contribution < -0.4 is 22.9 Å². The quantitative estimate of drug-likeness (QED) is 0.107. The van der Waals surface area contributed by atoms with Gasteiger partial charge in [0.25, 0.3) is 11.8 Å². The Hall–Kier alpha value is -5.46. The number of halogens is 6. The van der Waals surface area contributed by atoms with E-state index in [2.05, 4.69) is 9.98 Å². The average Bonchev–Trinajstić information content (AvgIpc) is 3.06. The number of benzene rings is 4. The van der Waals surface area contributed by atoms with E-state index in [-0.39, 0.29) is 31.4 Å². The standard InChI is InChI=1S/C17H16F3N3O5S2.C17H16F3N3O3S2/c1-9-6-14(13(29(2,25)26)8-12(9)15(24)23-16(21)22)30(27,28)11-5-3-4-10(7-11)17(18,19)20;1-9-6-13(27-11-5-3-4-10(7-11)17(18,19)20)14(28(2,25)26)8-12(9)15(24)23-16(21)22/h3-8H,1-2H3,(H4,21,22,23,24);3-8H,1-2H3,(H4,21,22,23,24). The number of sulfone groups is 3. The van der Waals surface area contributed by atoms with E-state index in [1.54, 1.807) is 0 Å². The van der Waals surface area contributed by atoms with Crippen molar-refractivity contribution in [2.75, 3.05) is 12.5 Å². The lowest BCUT2D eigenvalue weighted by atomic mass is 10.1. The van der Waals surface area contributed by atoms with Crippen molar-refractivity contribution in [3.8, 4) is 0 Å². The van der Waals surface area contributed by atoms with E-state index in [1.165, 1.54) is 32.0 Å². The summed E-state index contributed by atoms with van der Waals surface area (Å²) in [5.41, 5.74) is 18.6. The molecule has 0 aliphatic heterocycles. The third-order valence-electron chi connectivity index (χ3n) is 7.45. The van der Waals surface area contributed by atoms with Crippen LogP contribution in [0.15, 0.2) is 112 Å². The van der Waals surface area contributed by atoms with Gasteiger partial charge >= 0.3 is 12.4 Å². The van der Waals surface area contributed by atoms with Gasteiger partial charge in [0.15, 0.2) is 31.6 Å². The monoisotopic (exact) mass is 894 g/mol. The summed E-state index contributed by atoms with van der Waals surface area (Å²) in [4.78, 5) is 28.8. The molecule has 0 radical (unpaired) electrons. The van der Waals surface area contributed by atoms with Crippen molar-refractivity contribution in [2.24, 2.45) is 32.9 Å². The van der Waals surface area contributed by atoms with Gasteiger partial charge in [-0.15, -0.1) is 0 Å². The molecule has 2 amide bonds. The zero-order valence-electron chi connectivity index (χ0n) is 30.3. The summed E-state index contributed by atoms with van der Waals surface area (Å²) in [6.07, 6.45) is -7.71. The number of alkyl halides is 6. The molecule has 4 aromatic rings. The van der Waals surface area contributed by atoms with E-state index in [4.69, 9.17) is 22.9 Å². The highest BCUT2D eigenvalue weighted by Gasteiger charge is 2.34. The molecule has 0 aliphatic carbocycles. The minimum atomic E-state index is -4.81. The highest BCUT2D eigenvalue weighted by molar-refractivity contribution is 8.00. The van der Waals surface area contributed by atoms with Crippen LogP contribution in [-0.4, -0.2) is 61.5 Å². The summed E-state index contributed by atoms with van der Waals surface area (Å²) >= 11 is 0.844. The third-order valence-corrected chi connectivity index (χ3v) is 12.8. The first-order chi connectivity index (χ1) is 26.3. The molecule has 14 nitrogen and oxygen atoms in total. The lowest BCUT2D eigenvalue weighted by Gasteiger charge is -2.14. The van der Waals surface area contributed by atoms with E-state index < -0.39 is 91.4 Å². The molecule has 58 heavy (non-hydrogen) atoms. The number of aryl methyl sites for hydroxylation is 2. The van der Waals surface area contributed by atoms with Crippen molar-refractivity contribution in [1.29, 1.82) is 0 Å². The van der Waals surface area contributed by atoms with Crippen LogP contribution in [0.2, 0.25) is 0 Å².